The van der Waals surface area contributed by atoms with E-state index in [1.807, 2.05) is 0 Å². The summed E-state index contributed by atoms with van der Waals surface area (Å²) in [7, 11) is 0. The van der Waals surface area contributed by atoms with Crippen LogP contribution in [-0.2, 0) is 16.1 Å². The van der Waals surface area contributed by atoms with Gasteiger partial charge in [0.25, 0.3) is 0 Å². The maximum Gasteiger partial charge on any atom is 0.325 e. The normalized spacial score (nSPS) is 15.2. The van der Waals surface area contributed by atoms with E-state index in [4.69, 9.17) is 5.11 Å². The van der Waals surface area contributed by atoms with Crippen LogP contribution in [0, 0.1) is 5.92 Å². The zero-order valence-electron chi connectivity index (χ0n) is 13.0. The molecular weight excluding hydrogens is 312 g/mol. The Kier molecular flexibility index (Phi) is 4.69. The summed E-state index contributed by atoms with van der Waals surface area (Å²) in [5.41, 5.74) is 0.509. The number of rotatable bonds is 5. The monoisotopic (exact) mass is 330 g/mol. The molecule has 0 unspecified atom stereocenters. The molecule has 0 aliphatic carbocycles. The van der Waals surface area contributed by atoms with E-state index in [-0.39, 0.29) is 18.4 Å². The first-order chi connectivity index (χ1) is 11.6. The van der Waals surface area contributed by atoms with E-state index in [0.29, 0.717) is 24.5 Å². The zero-order valence-corrected chi connectivity index (χ0v) is 13.0. The van der Waals surface area contributed by atoms with Crippen molar-refractivity contribution >= 4 is 23.5 Å². The molecule has 0 spiro atoms. The Morgan fingerprint density at radius 2 is 1.96 bits per heavy atom. The topological polar surface area (TPSA) is 113 Å². The number of hydrogen-bond acceptors (Lipinski definition) is 6. The van der Waals surface area contributed by atoms with Gasteiger partial charge in [-0.2, -0.15) is 5.10 Å². The molecule has 126 valence electrons. The van der Waals surface area contributed by atoms with Crippen molar-refractivity contribution < 1.29 is 14.7 Å². The Morgan fingerprint density at radius 3 is 2.62 bits per heavy atom. The molecule has 0 radical (unpaired) electrons. The number of carbonyl (C=O) groups excluding carboxylic acids is 1. The molecule has 3 rings (SSSR count). The lowest BCUT2D eigenvalue weighted by Crippen LogP contribution is -2.38. The number of aliphatic carboxylic acids is 1. The summed E-state index contributed by atoms with van der Waals surface area (Å²) >= 11 is 0. The van der Waals surface area contributed by atoms with Gasteiger partial charge in [-0.15, -0.1) is 0 Å². The molecule has 2 N–H and O–H groups in total. The third kappa shape index (κ3) is 3.86. The fourth-order valence-corrected chi connectivity index (χ4v) is 2.69. The van der Waals surface area contributed by atoms with Crippen molar-refractivity contribution in [3.05, 3.63) is 30.9 Å². The van der Waals surface area contributed by atoms with Crippen molar-refractivity contribution in [2.45, 2.75) is 19.4 Å². The molecule has 9 heteroatoms. The average Bonchev–Trinajstić information content (AvgIpc) is 3.02. The number of hydrogen-bond donors (Lipinski definition) is 2. The van der Waals surface area contributed by atoms with E-state index in [9.17, 15) is 9.59 Å². The molecule has 2 aromatic heterocycles. The molecule has 1 saturated heterocycles. The van der Waals surface area contributed by atoms with Crippen LogP contribution in [0.3, 0.4) is 0 Å². The van der Waals surface area contributed by atoms with Gasteiger partial charge in [-0.05, 0) is 18.9 Å². The van der Waals surface area contributed by atoms with Gasteiger partial charge in [0.2, 0.25) is 11.9 Å². The lowest BCUT2D eigenvalue weighted by Gasteiger charge is -2.31. The smallest absolute Gasteiger partial charge is 0.325 e. The van der Waals surface area contributed by atoms with Gasteiger partial charge in [-0.1, -0.05) is 0 Å². The number of carbonyl (C=O) groups is 2. The van der Waals surface area contributed by atoms with Crippen LogP contribution in [0.15, 0.2) is 30.9 Å². The lowest BCUT2D eigenvalue weighted by atomic mass is 9.96. The Labute approximate surface area is 138 Å². The summed E-state index contributed by atoms with van der Waals surface area (Å²) in [6.07, 6.45) is 7.80. The maximum absolute atomic E-state index is 12.3. The van der Waals surface area contributed by atoms with Gasteiger partial charge in [0.05, 0.1) is 11.9 Å². The molecule has 1 amide bonds. The van der Waals surface area contributed by atoms with Crippen LogP contribution in [0.5, 0.6) is 0 Å². The summed E-state index contributed by atoms with van der Waals surface area (Å²) < 4.78 is 1.27. The second-order valence-electron chi connectivity index (χ2n) is 5.62. The summed E-state index contributed by atoms with van der Waals surface area (Å²) in [4.78, 5) is 33.5. The van der Waals surface area contributed by atoms with E-state index in [0.717, 1.165) is 13.1 Å². The number of carboxylic acids is 1. The second-order valence-corrected chi connectivity index (χ2v) is 5.62. The summed E-state index contributed by atoms with van der Waals surface area (Å²) in [5.74, 6) is -0.455. The molecule has 0 bridgehead atoms. The Hall–Kier alpha value is -2.97. The first-order valence-electron chi connectivity index (χ1n) is 7.69. The fraction of sp³-hybridized carbons (Fsp3) is 0.400. The Morgan fingerprint density at radius 1 is 1.25 bits per heavy atom. The SMILES string of the molecule is O=C(O)Cn1cc(NC(=O)C2CCN(c3ncccn3)CC2)cn1. The van der Waals surface area contributed by atoms with Crippen LogP contribution in [0.1, 0.15) is 12.8 Å². The molecule has 1 aliphatic rings. The third-order valence-corrected chi connectivity index (χ3v) is 3.90. The average molecular weight is 330 g/mol. The molecule has 0 aromatic carbocycles. The molecule has 0 atom stereocenters. The highest BCUT2D eigenvalue weighted by Crippen LogP contribution is 2.21. The Balaban J connectivity index is 1.52. The predicted octanol–water partition coefficient (Wildman–Crippen LogP) is 0.613. The fourth-order valence-electron chi connectivity index (χ4n) is 2.69. The molecule has 1 aliphatic heterocycles. The van der Waals surface area contributed by atoms with Gasteiger partial charge in [0.1, 0.15) is 6.54 Å². The number of nitrogens with one attached hydrogen (secondary N) is 1. The van der Waals surface area contributed by atoms with E-state index in [1.165, 1.54) is 17.1 Å². The van der Waals surface area contributed by atoms with Crippen molar-refractivity contribution in [3.8, 4) is 0 Å². The molecule has 2 aromatic rings. The summed E-state index contributed by atoms with van der Waals surface area (Å²) in [6.45, 7) is 1.21. The van der Waals surface area contributed by atoms with E-state index in [2.05, 4.69) is 25.3 Å². The van der Waals surface area contributed by atoms with Crippen LogP contribution in [0.4, 0.5) is 11.6 Å². The van der Waals surface area contributed by atoms with Crippen molar-refractivity contribution in [2.24, 2.45) is 5.92 Å². The number of anilines is 2. The van der Waals surface area contributed by atoms with Crippen LogP contribution >= 0.6 is 0 Å². The van der Waals surface area contributed by atoms with Gasteiger partial charge in [-0.3, -0.25) is 14.3 Å². The highest BCUT2D eigenvalue weighted by atomic mass is 16.4. The molecule has 9 nitrogen and oxygen atoms in total. The second kappa shape index (κ2) is 7.07. The number of amides is 1. The van der Waals surface area contributed by atoms with Crippen molar-refractivity contribution in [1.29, 1.82) is 0 Å². The van der Waals surface area contributed by atoms with Gasteiger partial charge in [-0.25, -0.2) is 9.97 Å². The first kappa shape index (κ1) is 15.9. The minimum Gasteiger partial charge on any atom is -0.480 e. The highest BCUT2D eigenvalue weighted by Gasteiger charge is 2.26. The summed E-state index contributed by atoms with van der Waals surface area (Å²) in [6, 6.07) is 1.77. The van der Waals surface area contributed by atoms with E-state index < -0.39 is 5.97 Å². The molecule has 0 saturated carbocycles. The largest absolute Gasteiger partial charge is 0.480 e. The standard InChI is InChI=1S/C15H18N6O3/c22-13(23)10-21-9-12(8-18-21)19-14(24)11-2-6-20(7-3-11)15-16-4-1-5-17-15/h1,4-5,8-9,11H,2-3,6-7,10H2,(H,19,24)(H,22,23). The van der Waals surface area contributed by atoms with Gasteiger partial charge < -0.3 is 15.3 Å². The number of nitrogens with zero attached hydrogens (tertiary/aromatic N) is 5. The molecule has 24 heavy (non-hydrogen) atoms. The third-order valence-electron chi connectivity index (χ3n) is 3.90. The van der Waals surface area contributed by atoms with Crippen LogP contribution in [0.2, 0.25) is 0 Å². The number of aromatic nitrogens is 4. The lowest BCUT2D eigenvalue weighted by molar-refractivity contribution is -0.137. The van der Waals surface area contributed by atoms with Crippen molar-refractivity contribution in [1.82, 2.24) is 19.7 Å². The minimum atomic E-state index is -0.980. The van der Waals surface area contributed by atoms with Gasteiger partial charge in [0, 0.05) is 37.6 Å². The molecule has 3 heterocycles. The van der Waals surface area contributed by atoms with Crippen molar-refractivity contribution in [3.63, 3.8) is 0 Å². The number of piperidine rings is 1. The van der Waals surface area contributed by atoms with Crippen LogP contribution < -0.4 is 10.2 Å². The van der Waals surface area contributed by atoms with Crippen LogP contribution in [0.25, 0.3) is 0 Å². The minimum absolute atomic E-state index is 0.0708. The number of carboxylic acid groups (broad SMARTS) is 1. The predicted molar refractivity (Wildman–Crippen MR) is 85.5 cm³/mol. The summed E-state index contributed by atoms with van der Waals surface area (Å²) in [5, 5.41) is 15.4. The van der Waals surface area contributed by atoms with Crippen LogP contribution in [-0.4, -0.2) is 49.8 Å². The van der Waals surface area contributed by atoms with Gasteiger partial charge >= 0.3 is 5.97 Å². The molecular formula is C15H18N6O3. The molecule has 1 fully saturated rings. The Bertz CT molecular complexity index is 709. The van der Waals surface area contributed by atoms with Crippen molar-refractivity contribution in [2.75, 3.05) is 23.3 Å². The highest BCUT2D eigenvalue weighted by molar-refractivity contribution is 5.92. The van der Waals surface area contributed by atoms with E-state index >= 15 is 0 Å². The van der Waals surface area contributed by atoms with E-state index in [1.54, 1.807) is 18.5 Å². The maximum atomic E-state index is 12.3. The first-order valence-corrected chi connectivity index (χ1v) is 7.69. The van der Waals surface area contributed by atoms with Gasteiger partial charge in [0.15, 0.2) is 0 Å². The zero-order chi connectivity index (χ0) is 16.9. The quantitative estimate of drug-likeness (QED) is 0.826.